The number of unbranched alkanes of at least 4 members (excludes halogenated alkanes) is 20. The summed E-state index contributed by atoms with van der Waals surface area (Å²) in [4.78, 5) is 64.4. The molecule has 14 nitrogen and oxygen atoms in total. The molecule has 6 N–H and O–H groups in total. The fraction of sp³-hybridized carbons (Fsp3) is 0.941. The minimum absolute atomic E-state index is 0.0308. The van der Waals surface area contributed by atoms with Crippen LogP contribution in [0.3, 0.4) is 0 Å². The van der Waals surface area contributed by atoms with Crippen LogP contribution in [0.5, 0.6) is 0 Å². The number of ether oxygens (including phenoxy) is 2. The monoisotopic (exact) mass is 759 g/mol. The van der Waals surface area contributed by atoms with Crippen molar-refractivity contribution in [2.24, 2.45) is 0 Å². The van der Waals surface area contributed by atoms with E-state index in [-0.39, 0.29) is 12.8 Å². The molecule has 0 saturated carbocycles. The average Bonchev–Trinajstić information content (AvgIpc) is 3.03. The minimum atomic E-state index is -5.27. The van der Waals surface area contributed by atoms with Crippen molar-refractivity contribution in [2.45, 2.75) is 199 Å². The summed E-state index contributed by atoms with van der Waals surface area (Å²) < 4.78 is 44.4. The van der Waals surface area contributed by atoms with Crippen LogP contribution < -0.4 is 5.32 Å². The van der Waals surface area contributed by atoms with Gasteiger partial charge < -0.3 is 39.5 Å². The molecule has 1 heterocycles. The molecule has 1 aliphatic heterocycles. The smallest absolute Gasteiger partial charge is 0.457 e. The van der Waals surface area contributed by atoms with Crippen LogP contribution in [0.4, 0.5) is 0 Å². The highest BCUT2D eigenvalue weighted by Gasteiger charge is 2.53. The van der Waals surface area contributed by atoms with Crippen molar-refractivity contribution in [3.8, 4) is 0 Å². The van der Waals surface area contributed by atoms with Gasteiger partial charge in [-0.15, -0.1) is 0 Å². The number of aliphatic hydroxyl groups is 1. The van der Waals surface area contributed by atoms with Gasteiger partial charge in [0, 0.05) is 12.8 Å². The summed E-state index contributed by atoms with van der Waals surface area (Å²) in [6.45, 7) is 3.45. The molecule has 1 rings (SSSR count). The lowest BCUT2D eigenvalue weighted by Crippen LogP contribution is -2.66. The third-order valence-electron chi connectivity index (χ3n) is 8.91. The maximum atomic E-state index is 13.0. The van der Waals surface area contributed by atoms with Crippen molar-refractivity contribution in [1.82, 2.24) is 5.32 Å². The Labute approximate surface area is 299 Å². The molecule has 0 aromatic carbocycles. The van der Waals surface area contributed by atoms with Crippen LogP contribution in [0.25, 0.3) is 0 Å². The SMILES string of the molecule is CCCCCCCCCCCCCC(=O)N[C@H]1[C@@H](OP(=O)(O)O)O[C@H](CO)[C@@H](OP(=O)(O)O)[C@@H]1OC(=O)CCCCCCCCCCCCC. The molecule has 1 saturated heterocycles. The third-order valence-corrected chi connectivity index (χ3v) is 9.91. The number of aliphatic hydroxyl groups excluding tert-OH is 1. The Kier molecular flexibility index (Phi) is 26.0. The van der Waals surface area contributed by atoms with Gasteiger partial charge in [0.1, 0.15) is 18.2 Å². The van der Waals surface area contributed by atoms with Crippen molar-refractivity contribution in [3.05, 3.63) is 0 Å². The highest BCUT2D eigenvalue weighted by Crippen LogP contribution is 2.45. The number of phosphoric ester groups is 2. The van der Waals surface area contributed by atoms with Crippen molar-refractivity contribution in [1.29, 1.82) is 0 Å². The highest BCUT2D eigenvalue weighted by atomic mass is 31.2. The fourth-order valence-corrected chi connectivity index (χ4v) is 7.23. The van der Waals surface area contributed by atoms with Gasteiger partial charge in [-0.1, -0.05) is 142 Å². The quantitative estimate of drug-likeness (QED) is 0.0237. The Morgan fingerprint density at radius 1 is 0.600 bits per heavy atom. The molecule has 0 aliphatic carbocycles. The average molecular weight is 760 g/mol. The van der Waals surface area contributed by atoms with Gasteiger partial charge >= 0.3 is 21.6 Å². The van der Waals surface area contributed by atoms with Crippen LogP contribution in [0.1, 0.15) is 168 Å². The lowest BCUT2D eigenvalue weighted by molar-refractivity contribution is -0.250. The molecule has 1 aliphatic rings. The van der Waals surface area contributed by atoms with Crippen LogP contribution in [0, 0.1) is 0 Å². The summed E-state index contributed by atoms with van der Waals surface area (Å²) in [6.07, 6.45) is 16.4. The van der Waals surface area contributed by atoms with E-state index in [0.717, 1.165) is 51.4 Å². The molecule has 0 bridgehead atoms. The Balaban J connectivity index is 2.82. The molecule has 16 heteroatoms. The van der Waals surface area contributed by atoms with Crippen LogP contribution in [0.15, 0.2) is 0 Å². The largest absolute Gasteiger partial charge is 0.472 e. The van der Waals surface area contributed by atoms with Crippen molar-refractivity contribution in [3.63, 3.8) is 0 Å². The van der Waals surface area contributed by atoms with Crippen molar-refractivity contribution >= 4 is 27.5 Å². The molecule has 50 heavy (non-hydrogen) atoms. The van der Waals surface area contributed by atoms with Gasteiger partial charge in [0.15, 0.2) is 12.4 Å². The predicted molar refractivity (Wildman–Crippen MR) is 190 cm³/mol. The van der Waals surface area contributed by atoms with Gasteiger partial charge in [0.25, 0.3) is 0 Å². The zero-order valence-electron chi connectivity index (χ0n) is 30.5. The summed E-state index contributed by atoms with van der Waals surface area (Å²) in [5, 5.41) is 12.5. The summed E-state index contributed by atoms with van der Waals surface area (Å²) in [7, 11) is -10.5. The van der Waals surface area contributed by atoms with Gasteiger partial charge in [-0.3, -0.25) is 18.6 Å². The molecule has 5 atom stereocenters. The zero-order valence-corrected chi connectivity index (χ0v) is 32.2. The number of phosphoric acid groups is 2. The van der Waals surface area contributed by atoms with Crippen LogP contribution in [-0.2, 0) is 37.2 Å². The Morgan fingerprint density at radius 2 is 1.00 bits per heavy atom. The second-order valence-electron chi connectivity index (χ2n) is 13.5. The second-order valence-corrected chi connectivity index (χ2v) is 15.9. The molecule has 1 amide bonds. The van der Waals surface area contributed by atoms with Crippen LogP contribution >= 0.6 is 15.6 Å². The van der Waals surface area contributed by atoms with E-state index in [2.05, 4.69) is 19.2 Å². The predicted octanol–water partition coefficient (Wildman–Crippen LogP) is 7.09. The minimum Gasteiger partial charge on any atom is -0.457 e. The summed E-state index contributed by atoms with van der Waals surface area (Å²) in [5.41, 5.74) is 0. The third kappa shape index (κ3) is 23.6. The second kappa shape index (κ2) is 27.7. The number of carbonyl (C=O) groups is 2. The van der Waals surface area contributed by atoms with Gasteiger partial charge in [-0.2, -0.15) is 0 Å². The first kappa shape index (κ1) is 47.1. The molecule has 0 spiro atoms. The molecule has 0 aromatic heterocycles. The maximum Gasteiger partial charge on any atom is 0.472 e. The Morgan fingerprint density at radius 3 is 1.40 bits per heavy atom. The standard InChI is InChI=1S/C34H67NO13P2/c1-3-5-7-9-11-13-15-17-19-21-23-25-29(37)35-31-33(46-30(38)26-24-22-20-18-16-14-12-10-8-6-4-2)32(47-49(39,40)41)28(27-36)45-34(31)48-50(42,43)44/h28,31-34,36H,3-27H2,1-2H3,(H,35,37)(H2,39,40,41)(H2,42,43,44)/t28-,31-,32-,33-,34-/m1/s1. The lowest BCUT2D eigenvalue weighted by Gasteiger charge is -2.45. The van der Waals surface area contributed by atoms with Crippen LogP contribution in [0.2, 0.25) is 0 Å². The van der Waals surface area contributed by atoms with E-state index in [0.29, 0.717) is 12.8 Å². The number of rotatable bonds is 31. The zero-order chi connectivity index (χ0) is 37.3. The Bertz CT molecular complexity index is 992. The summed E-state index contributed by atoms with van der Waals surface area (Å²) in [5.74, 6) is -1.35. The number of hydrogen-bond donors (Lipinski definition) is 6. The van der Waals surface area contributed by atoms with E-state index in [1.54, 1.807) is 0 Å². The molecule has 0 aromatic rings. The van der Waals surface area contributed by atoms with E-state index in [1.807, 2.05) is 0 Å². The van der Waals surface area contributed by atoms with Gasteiger partial charge in [0.2, 0.25) is 5.91 Å². The van der Waals surface area contributed by atoms with E-state index in [1.165, 1.54) is 77.0 Å². The van der Waals surface area contributed by atoms with E-state index in [4.69, 9.17) is 18.5 Å². The number of esters is 1. The summed E-state index contributed by atoms with van der Waals surface area (Å²) in [6, 6.07) is -1.62. The number of carbonyl (C=O) groups excluding carboxylic acids is 2. The molecule has 0 unspecified atom stereocenters. The van der Waals surface area contributed by atoms with Gasteiger partial charge in [0.05, 0.1) is 6.61 Å². The van der Waals surface area contributed by atoms with Crippen LogP contribution in [-0.4, -0.2) is 73.8 Å². The molecule has 296 valence electrons. The molecule has 0 radical (unpaired) electrons. The van der Waals surface area contributed by atoms with Crippen molar-refractivity contribution < 1.29 is 61.9 Å². The molecular weight excluding hydrogens is 692 g/mol. The number of amides is 1. The van der Waals surface area contributed by atoms with Crippen molar-refractivity contribution in [2.75, 3.05) is 6.61 Å². The first-order valence-electron chi connectivity index (χ1n) is 19.0. The number of hydrogen-bond acceptors (Lipinski definition) is 9. The van der Waals surface area contributed by atoms with Gasteiger partial charge in [-0.05, 0) is 12.8 Å². The first-order valence-corrected chi connectivity index (χ1v) is 22.1. The first-order chi connectivity index (χ1) is 23.8. The Hall–Kier alpha value is -0.920. The van der Waals surface area contributed by atoms with E-state index < -0.39 is 64.8 Å². The summed E-state index contributed by atoms with van der Waals surface area (Å²) >= 11 is 0. The maximum absolute atomic E-state index is 13.0. The van der Waals surface area contributed by atoms with Gasteiger partial charge in [-0.25, -0.2) is 9.13 Å². The molecule has 1 fully saturated rings. The molecular formula is C34H67NO13P2. The normalized spacial score (nSPS) is 21.3. The lowest BCUT2D eigenvalue weighted by atomic mass is 9.96. The highest BCUT2D eigenvalue weighted by molar-refractivity contribution is 7.46. The fourth-order valence-electron chi connectivity index (χ4n) is 6.21. The van der Waals surface area contributed by atoms with E-state index >= 15 is 0 Å². The topological polar surface area (TPSA) is 218 Å². The number of nitrogens with one attached hydrogen (secondary N) is 1. The van der Waals surface area contributed by atoms with E-state index in [9.17, 15) is 43.4 Å².